The Labute approximate surface area is 322 Å². The van der Waals surface area contributed by atoms with E-state index in [1.165, 1.54) is 21.9 Å². The van der Waals surface area contributed by atoms with Gasteiger partial charge in [0.1, 0.15) is 11.2 Å². The largest absolute Gasteiger partial charge is 0.456 e. The molecule has 0 amide bonds. The monoisotopic (exact) mass is 716 g/mol. The molecule has 0 aliphatic rings. The molecule has 5 nitrogen and oxygen atoms in total. The number of furan rings is 1. The molecule has 0 fully saturated rings. The summed E-state index contributed by atoms with van der Waals surface area (Å²) in [5.41, 5.74) is 12.4. The zero-order valence-corrected chi connectivity index (χ0v) is 30.2. The van der Waals surface area contributed by atoms with Gasteiger partial charge < -0.3 is 8.98 Å². The van der Waals surface area contributed by atoms with E-state index in [1.54, 1.807) is 0 Å². The van der Waals surface area contributed by atoms with Gasteiger partial charge in [-0.2, -0.15) is 0 Å². The SMILES string of the molecule is c1ccc(-c2ccc(-n3c4ccccc4c4cc5c(cc43)oc3ccc(-c4nc(-c6ccccc6)nc(-c6cccc(-c7ccccc7)c6)n4)cc35)cc2)cc1. The van der Waals surface area contributed by atoms with Crippen molar-refractivity contribution in [2.75, 3.05) is 0 Å². The lowest BCUT2D eigenvalue weighted by Crippen LogP contribution is -2.00. The molecule has 0 unspecified atom stereocenters. The molecular formula is C51H32N4O. The Balaban J connectivity index is 1.06. The number of rotatable bonds is 6. The van der Waals surface area contributed by atoms with Crippen LogP contribution in [0, 0.1) is 0 Å². The van der Waals surface area contributed by atoms with Gasteiger partial charge in [0.05, 0.1) is 11.0 Å². The molecule has 0 radical (unpaired) electrons. The van der Waals surface area contributed by atoms with Crippen LogP contribution in [0.1, 0.15) is 0 Å². The highest BCUT2D eigenvalue weighted by molar-refractivity contribution is 6.17. The lowest BCUT2D eigenvalue weighted by molar-refractivity contribution is 0.669. The summed E-state index contributed by atoms with van der Waals surface area (Å²) in [4.78, 5) is 15.2. The third kappa shape index (κ3) is 5.45. The highest BCUT2D eigenvalue weighted by Crippen LogP contribution is 2.40. The van der Waals surface area contributed by atoms with Gasteiger partial charge in [-0.25, -0.2) is 15.0 Å². The fourth-order valence-electron chi connectivity index (χ4n) is 7.91. The first-order chi connectivity index (χ1) is 27.7. The van der Waals surface area contributed by atoms with Crippen molar-refractivity contribution in [3.63, 3.8) is 0 Å². The third-order valence-corrected chi connectivity index (χ3v) is 10.6. The smallest absolute Gasteiger partial charge is 0.164 e. The topological polar surface area (TPSA) is 56.7 Å². The second-order valence-electron chi connectivity index (χ2n) is 14.1. The zero-order chi connectivity index (χ0) is 37.0. The van der Waals surface area contributed by atoms with Gasteiger partial charge in [-0.15, -0.1) is 0 Å². The van der Waals surface area contributed by atoms with Crippen molar-refractivity contribution in [1.29, 1.82) is 0 Å². The van der Waals surface area contributed by atoms with E-state index in [1.807, 2.05) is 54.6 Å². The predicted octanol–water partition coefficient (Wildman–Crippen LogP) is 13.2. The van der Waals surface area contributed by atoms with Gasteiger partial charge in [0.2, 0.25) is 0 Å². The summed E-state index contributed by atoms with van der Waals surface area (Å²) in [6.45, 7) is 0. The fraction of sp³-hybridized carbons (Fsp3) is 0. The fourth-order valence-corrected chi connectivity index (χ4v) is 7.91. The second kappa shape index (κ2) is 13.0. The van der Waals surface area contributed by atoms with Gasteiger partial charge in [-0.1, -0.05) is 140 Å². The van der Waals surface area contributed by atoms with Crippen LogP contribution in [0.3, 0.4) is 0 Å². The first kappa shape index (κ1) is 31.9. The van der Waals surface area contributed by atoms with Crippen molar-refractivity contribution in [3.8, 4) is 62.1 Å². The summed E-state index contributed by atoms with van der Waals surface area (Å²) in [6, 6.07) is 67.5. The van der Waals surface area contributed by atoms with E-state index in [0.717, 1.165) is 66.5 Å². The average molecular weight is 717 g/mol. The molecule has 0 spiro atoms. The molecule has 11 aromatic rings. The van der Waals surface area contributed by atoms with E-state index in [9.17, 15) is 0 Å². The van der Waals surface area contributed by atoms with Crippen molar-refractivity contribution in [2.45, 2.75) is 0 Å². The Morgan fingerprint density at radius 1 is 0.304 bits per heavy atom. The molecule has 3 heterocycles. The van der Waals surface area contributed by atoms with Gasteiger partial charge in [0.15, 0.2) is 17.5 Å². The third-order valence-electron chi connectivity index (χ3n) is 10.6. The van der Waals surface area contributed by atoms with Crippen LogP contribution >= 0.6 is 0 Å². The molecule has 8 aromatic carbocycles. The molecule has 11 rings (SSSR count). The summed E-state index contributed by atoms with van der Waals surface area (Å²) >= 11 is 0. The predicted molar refractivity (Wildman–Crippen MR) is 229 cm³/mol. The van der Waals surface area contributed by atoms with E-state index in [2.05, 4.69) is 144 Å². The number of hydrogen-bond acceptors (Lipinski definition) is 4. The molecule has 0 atom stereocenters. The first-order valence-electron chi connectivity index (χ1n) is 18.8. The van der Waals surface area contributed by atoms with Crippen LogP contribution in [-0.4, -0.2) is 19.5 Å². The second-order valence-corrected chi connectivity index (χ2v) is 14.1. The van der Waals surface area contributed by atoms with Crippen molar-refractivity contribution < 1.29 is 4.42 Å². The van der Waals surface area contributed by atoms with E-state index in [4.69, 9.17) is 19.4 Å². The number of hydrogen-bond donors (Lipinski definition) is 0. The molecule has 0 N–H and O–H groups in total. The van der Waals surface area contributed by atoms with Gasteiger partial charge >= 0.3 is 0 Å². The molecule has 3 aromatic heterocycles. The molecule has 0 aliphatic carbocycles. The summed E-state index contributed by atoms with van der Waals surface area (Å²) in [5.74, 6) is 1.85. The van der Waals surface area contributed by atoms with Gasteiger partial charge in [-0.3, -0.25) is 0 Å². The zero-order valence-electron chi connectivity index (χ0n) is 30.2. The molecule has 0 saturated carbocycles. The van der Waals surface area contributed by atoms with Crippen LogP contribution in [0.25, 0.3) is 106 Å². The average Bonchev–Trinajstić information content (AvgIpc) is 3.80. The number of aromatic nitrogens is 4. The van der Waals surface area contributed by atoms with Crippen molar-refractivity contribution in [2.24, 2.45) is 0 Å². The lowest BCUT2D eigenvalue weighted by Gasteiger charge is -2.10. The Bertz CT molecular complexity index is 3220. The van der Waals surface area contributed by atoms with E-state index < -0.39 is 0 Å². The lowest BCUT2D eigenvalue weighted by atomic mass is 10.0. The van der Waals surface area contributed by atoms with Crippen LogP contribution in [0.4, 0.5) is 0 Å². The number of para-hydroxylation sites is 1. The van der Waals surface area contributed by atoms with Crippen molar-refractivity contribution in [3.05, 3.63) is 194 Å². The van der Waals surface area contributed by atoms with Crippen molar-refractivity contribution >= 4 is 43.7 Å². The van der Waals surface area contributed by atoms with Crippen molar-refractivity contribution in [1.82, 2.24) is 19.5 Å². The number of benzene rings is 8. The van der Waals surface area contributed by atoms with Crippen LogP contribution < -0.4 is 0 Å². The summed E-state index contributed by atoms with van der Waals surface area (Å²) in [5, 5.41) is 4.41. The van der Waals surface area contributed by atoms with Gasteiger partial charge in [0, 0.05) is 50.0 Å². The quantitative estimate of drug-likeness (QED) is 0.172. The molecule has 0 saturated heterocycles. The minimum atomic E-state index is 0.604. The molecular weight excluding hydrogens is 685 g/mol. The maximum absolute atomic E-state index is 6.59. The van der Waals surface area contributed by atoms with Crippen LogP contribution in [0.2, 0.25) is 0 Å². The van der Waals surface area contributed by atoms with E-state index in [-0.39, 0.29) is 0 Å². The molecule has 0 bridgehead atoms. The Kier molecular flexibility index (Phi) is 7.42. The Hall–Kier alpha value is -7.63. The summed E-state index contributed by atoms with van der Waals surface area (Å²) in [6.07, 6.45) is 0. The minimum absolute atomic E-state index is 0.604. The van der Waals surface area contributed by atoms with E-state index >= 15 is 0 Å². The first-order valence-corrected chi connectivity index (χ1v) is 18.8. The minimum Gasteiger partial charge on any atom is -0.456 e. The summed E-state index contributed by atoms with van der Waals surface area (Å²) < 4.78 is 8.93. The maximum atomic E-state index is 6.59. The standard InChI is InChI=1S/C51H32N4O/c1-4-13-33(14-5-1)35-23-26-40(27-24-35)55-45-22-11-10-21-41(45)42-31-44-43-30-39(25-28-47(43)56-48(44)32-46(42)55)51-53-49(36-17-8-3-9-18-36)52-50(54-51)38-20-12-19-37(29-38)34-15-6-2-7-16-34/h1-32H. The molecule has 56 heavy (non-hydrogen) atoms. The normalized spacial score (nSPS) is 11.6. The van der Waals surface area contributed by atoms with Gasteiger partial charge in [-0.05, 0) is 70.8 Å². The Morgan fingerprint density at radius 3 is 1.54 bits per heavy atom. The molecule has 5 heteroatoms. The van der Waals surface area contributed by atoms with Gasteiger partial charge in [0.25, 0.3) is 0 Å². The Morgan fingerprint density at radius 2 is 0.821 bits per heavy atom. The molecule has 0 aliphatic heterocycles. The van der Waals surface area contributed by atoms with Crippen LogP contribution in [-0.2, 0) is 0 Å². The van der Waals surface area contributed by atoms with E-state index in [0.29, 0.717) is 17.5 Å². The maximum Gasteiger partial charge on any atom is 0.164 e. The highest BCUT2D eigenvalue weighted by atomic mass is 16.3. The van der Waals surface area contributed by atoms with Crippen LogP contribution in [0.15, 0.2) is 199 Å². The number of nitrogens with zero attached hydrogens (tertiary/aromatic N) is 4. The number of fused-ring (bicyclic) bond motifs is 6. The summed E-state index contributed by atoms with van der Waals surface area (Å²) in [7, 11) is 0. The highest BCUT2D eigenvalue weighted by Gasteiger charge is 2.19. The molecule has 262 valence electrons. The van der Waals surface area contributed by atoms with Crippen LogP contribution in [0.5, 0.6) is 0 Å².